The number of imidazole rings is 1. The number of hydrogen-bond donors (Lipinski definition) is 2. The van der Waals surface area contributed by atoms with Crippen molar-refractivity contribution in [1.29, 1.82) is 0 Å². The number of fused-ring (bicyclic) bond motifs is 1. The summed E-state index contributed by atoms with van der Waals surface area (Å²) >= 11 is 0. The second-order valence-electron chi connectivity index (χ2n) is 5.31. The number of nitrogens with zero attached hydrogens (tertiary/aromatic N) is 1. The van der Waals surface area contributed by atoms with Gasteiger partial charge in [-0.05, 0) is 30.5 Å². The van der Waals surface area contributed by atoms with Crippen molar-refractivity contribution in [1.82, 2.24) is 9.55 Å². The summed E-state index contributed by atoms with van der Waals surface area (Å²) in [6.45, 7) is -0.639. The number of nitrogens with two attached hydrogens (primary N) is 1. The fourth-order valence-electron chi connectivity index (χ4n) is 2.53. The summed E-state index contributed by atoms with van der Waals surface area (Å²) in [6, 6.07) is 2.87. The molecule has 1 heterocycles. The molecule has 0 saturated heterocycles. The van der Waals surface area contributed by atoms with E-state index in [2.05, 4.69) is 4.98 Å². The van der Waals surface area contributed by atoms with E-state index in [0.717, 1.165) is 0 Å². The molecule has 8 heteroatoms. The van der Waals surface area contributed by atoms with Crippen LogP contribution in [0.4, 0.5) is 4.39 Å². The van der Waals surface area contributed by atoms with Gasteiger partial charge in [-0.3, -0.25) is 8.96 Å². The molecular formula is C12H14FN3O3S. The summed E-state index contributed by atoms with van der Waals surface area (Å²) < 4.78 is 38.1. The molecular weight excluding hydrogens is 285 g/mol. The molecule has 0 amide bonds. The van der Waals surface area contributed by atoms with Gasteiger partial charge in [0, 0.05) is 12.5 Å². The Labute approximate surface area is 114 Å². The molecule has 3 rings (SSSR count). The van der Waals surface area contributed by atoms with Crippen molar-refractivity contribution in [2.75, 3.05) is 6.67 Å². The normalized spacial score (nSPS) is 17.6. The number of benzene rings is 1. The van der Waals surface area contributed by atoms with Gasteiger partial charge >= 0.3 is 5.69 Å². The zero-order valence-electron chi connectivity index (χ0n) is 10.8. The van der Waals surface area contributed by atoms with Crippen LogP contribution >= 0.6 is 0 Å². The molecule has 20 heavy (non-hydrogen) atoms. The number of nitrogens with one attached hydrogen (secondary N) is 1. The van der Waals surface area contributed by atoms with E-state index in [4.69, 9.17) is 5.14 Å². The van der Waals surface area contributed by atoms with Crippen LogP contribution in [-0.2, 0) is 22.5 Å². The van der Waals surface area contributed by atoms with E-state index >= 15 is 0 Å². The summed E-state index contributed by atoms with van der Waals surface area (Å²) in [4.78, 5) is 14.0. The highest BCUT2D eigenvalue weighted by atomic mass is 32.2. The van der Waals surface area contributed by atoms with E-state index in [1.807, 2.05) is 0 Å². The highest BCUT2D eigenvalue weighted by Crippen LogP contribution is 2.50. The first-order valence-corrected chi connectivity index (χ1v) is 7.65. The molecule has 108 valence electrons. The van der Waals surface area contributed by atoms with Crippen LogP contribution in [0.1, 0.15) is 18.4 Å². The van der Waals surface area contributed by atoms with Gasteiger partial charge in [0.15, 0.2) is 0 Å². The molecule has 0 unspecified atom stereocenters. The van der Waals surface area contributed by atoms with E-state index in [0.29, 0.717) is 29.4 Å². The minimum absolute atomic E-state index is 0.109. The van der Waals surface area contributed by atoms with E-state index < -0.39 is 22.1 Å². The van der Waals surface area contributed by atoms with Crippen molar-refractivity contribution in [3.05, 3.63) is 28.2 Å². The van der Waals surface area contributed by atoms with Gasteiger partial charge < -0.3 is 4.98 Å². The topological polar surface area (TPSA) is 97.9 Å². The molecule has 2 aromatic rings. The Kier molecular flexibility index (Phi) is 2.61. The highest BCUT2D eigenvalue weighted by Gasteiger charge is 2.47. The van der Waals surface area contributed by atoms with Crippen LogP contribution < -0.4 is 10.8 Å². The van der Waals surface area contributed by atoms with Crippen molar-refractivity contribution >= 4 is 21.1 Å². The van der Waals surface area contributed by atoms with Crippen LogP contribution in [0, 0.1) is 0 Å². The number of aromatic amines is 1. The highest BCUT2D eigenvalue weighted by molar-refractivity contribution is 7.89. The summed E-state index contributed by atoms with van der Waals surface area (Å²) in [7, 11) is -2.41. The number of halogens is 1. The second-order valence-corrected chi connectivity index (χ2v) is 6.84. The number of sulfonamides is 1. The third-order valence-electron chi connectivity index (χ3n) is 3.99. The Morgan fingerprint density at radius 1 is 1.45 bits per heavy atom. The smallest absolute Gasteiger partial charge is 0.306 e. The molecule has 0 radical (unpaired) electrons. The molecule has 1 fully saturated rings. The fraction of sp³-hybridized carbons (Fsp3) is 0.417. The van der Waals surface area contributed by atoms with Gasteiger partial charge in [-0.1, -0.05) is 0 Å². The molecule has 1 aliphatic carbocycles. The van der Waals surface area contributed by atoms with E-state index in [1.165, 1.54) is 10.6 Å². The molecule has 3 N–H and O–H groups in total. The first-order valence-electron chi connectivity index (χ1n) is 6.10. The summed E-state index contributed by atoms with van der Waals surface area (Å²) in [6.07, 6.45) is 1.16. The Balaban J connectivity index is 2.41. The molecule has 0 atom stereocenters. The van der Waals surface area contributed by atoms with Crippen molar-refractivity contribution in [2.24, 2.45) is 12.2 Å². The summed E-state index contributed by atoms with van der Waals surface area (Å²) in [5, 5.41) is 5.22. The minimum atomic E-state index is -3.98. The Bertz CT molecular complexity index is 862. The summed E-state index contributed by atoms with van der Waals surface area (Å²) in [5.41, 5.74) is 0.146. The Morgan fingerprint density at radius 2 is 2.10 bits per heavy atom. The van der Waals surface area contributed by atoms with Gasteiger partial charge in [-0.25, -0.2) is 18.4 Å². The van der Waals surface area contributed by atoms with Crippen LogP contribution in [0.15, 0.2) is 21.8 Å². The quantitative estimate of drug-likeness (QED) is 0.864. The maximum Gasteiger partial charge on any atom is 0.326 e. The lowest BCUT2D eigenvalue weighted by molar-refractivity contribution is 0.414. The van der Waals surface area contributed by atoms with Gasteiger partial charge in [0.1, 0.15) is 0 Å². The van der Waals surface area contributed by atoms with E-state index in [9.17, 15) is 17.6 Å². The molecule has 1 aliphatic rings. The number of H-pyrrole nitrogens is 1. The Hall–Kier alpha value is -1.67. The molecule has 1 aromatic heterocycles. The first-order chi connectivity index (χ1) is 9.28. The number of aromatic nitrogens is 2. The standard InChI is InChI=1S/C12H14FN3O3S/c1-16-9-4-7(12(6-13)2-3-12)10(20(14,18)19)5-8(9)15-11(16)17/h4-5H,2-3,6H2,1H3,(H,15,17)(H2,14,18,19). The van der Waals surface area contributed by atoms with Crippen LogP contribution in [0.5, 0.6) is 0 Å². The third kappa shape index (κ3) is 1.79. The number of primary sulfonamides is 1. The first kappa shape index (κ1) is 13.3. The van der Waals surface area contributed by atoms with Crippen LogP contribution in [0.3, 0.4) is 0 Å². The van der Waals surface area contributed by atoms with E-state index in [1.54, 1.807) is 13.1 Å². The Morgan fingerprint density at radius 3 is 2.60 bits per heavy atom. The maximum atomic E-state index is 13.3. The van der Waals surface area contributed by atoms with Crippen LogP contribution in [-0.4, -0.2) is 24.6 Å². The lowest BCUT2D eigenvalue weighted by atomic mass is 9.97. The molecule has 1 saturated carbocycles. The number of hydrogen-bond acceptors (Lipinski definition) is 3. The van der Waals surface area contributed by atoms with Gasteiger partial charge in [0.2, 0.25) is 10.0 Å². The van der Waals surface area contributed by atoms with Crippen molar-refractivity contribution in [2.45, 2.75) is 23.2 Å². The van der Waals surface area contributed by atoms with Crippen molar-refractivity contribution in [3.8, 4) is 0 Å². The monoisotopic (exact) mass is 299 g/mol. The fourth-order valence-corrected chi connectivity index (χ4v) is 3.39. The average molecular weight is 299 g/mol. The molecule has 6 nitrogen and oxygen atoms in total. The largest absolute Gasteiger partial charge is 0.326 e. The third-order valence-corrected chi connectivity index (χ3v) is 4.94. The summed E-state index contributed by atoms with van der Waals surface area (Å²) in [5.74, 6) is 0. The zero-order valence-corrected chi connectivity index (χ0v) is 11.6. The number of alkyl halides is 1. The molecule has 0 bridgehead atoms. The zero-order chi connectivity index (χ0) is 14.7. The predicted octanol–water partition coefficient (Wildman–Crippen LogP) is 0.515. The lowest BCUT2D eigenvalue weighted by Crippen LogP contribution is -2.20. The van der Waals surface area contributed by atoms with Gasteiger partial charge in [-0.15, -0.1) is 0 Å². The van der Waals surface area contributed by atoms with E-state index in [-0.39, 0.29) is 10.6 Å². The van der Waals surface area contributed by atoms with Crippen molar-refractivity contribution in [3.63, 3.8) is 0 Å². The predicted molar refractivity (Wildman–Crippen MR) is 71.8 cm³/mol. The number of rotatable bonds is 3. The molecule has 0 aliphatic heterocycles. The van der Waals surface area contributed by atoms with Gasteiger partial charge in [0.25, 0.3) is 0 Å². The second kappa shape index (κ2) is 3.92. The van der Waals surface area contributed by atoms with Gasteiger partial charge in [-0.2, -0.15) is 0 Å². The lowest BCUT2D eigenvalue weighted by Gasteiger charge is -2.15. The number of aryl methyl sites for hydroxylation is 1. The minimum Gasteiger partial charge on any atom is -0.306 e. The SMILES string of the molecule is Cn1c(=O)[nH]c2cc(S(N)(=O)=O)c(C3(CF)CC3)cc21. The average Bonchev–Trinajstić information content (AvgIpc) is 3.12. The van der Waals surface area contributed by atoms with Crippen LogP contribution in [0.25, 0.3) is 11.0 Å². The molecule has 0 spiro atoms. The van der Waals surface area contributed by atoms with Crippen molar-refractivity contribution < 1.29 is 12.8 Å². The van der Waals surface area contributed by atoms with Gasteiger partial charge in [0.05, 0.1) is 22.6 Å². The van der Waals surface area contributed by atoms with Crippen LogP contribution in [0.2, 0.25) is 0 Å². The maximum absolute atomic E-state index is 13.3. The molecule has 1 aromatic carbocycles.